The summed E-state index contributed by atoms with van der Waals surface area (Å²) < 4.78 is 0. The SMILES string of the molecule is C[C@H]1C(=O)[C@H](O)C[C@@H]2[C@]1(C)CC[C@H]1[C@@]2(C)CC[C@@]2(C)[C@@H]3CC(C)(C)CC[C@]3(C)CC[C@]12C.NCC(=O)O.OCCCCCCO. The van der Waals surface area contributed by atoms with Gasteiger partial charge in [0.25, 0.3) is 0 Å². The Hall–Kier alpha value is -1.02. The molecule has 262 valence electrons. The van der Waals surface area contributed by atoms with Gasteiger partial charge in [0.05, 0.1) is 6.54 Å². The molecule has 7 heteroatoms. The number of Topliss-reactive ketones (excluding diaryl/α,β-unsaturated/α-hetero) is 1. The number of ketones is 1. The predicted octanol–water partition coefficient (Wildman–Crippen LogP) is 6.99. The molecule has 6 N–H and O–H groups in total. The topological polar surface area (TPSA) is 141 Å². The Labute approximate surface area is 274 Å². The van der Waals surface area contributed by atoms with Crippen molar-refractivity contribution >= 4 is 11.8 Å². The quantitative estimate of drug-likeness (QED) is 0.198. The molecule has 7 nitrogen and oxygen atoms in total. The maximum absolute atomic E-state index is 12.8. The maximum Gasteiger partial charge on any atom is 0.317 e. The van der Waals surface area contributed by atoms with Gasteiger partial charge in [-0.15, -0.1) is 0 Å². The average Bonchev–Trinajstić information content (AvgIpc) is 2.98. The molecule has 5 rings (SSSR count). The van der Waals surface area contributed by atoms with Crippen LogP contribution in [0.4, 0.5) is 0 Å². The van der Waals surface area contributed by atoms with E-state index >= 15 is 0 Å². The first-order valence-corrected chi connectivity index (χ1v) is 18.2. The van der Waals surface area contributed by atoms with Crippen LogP contribution in [0.1, 0.15) is 145 Å². The lowest BCUT2D eigenvalue weighted by Crippen LogP contribution is -2.68. The molecule has 0 spiro atoms. The van der Waals surface area contributed by atoms with Crippen LogP contribution in [0.3, 0.4) is 0 Å². The molecule has 0 bridgehead atoms. The average molecular weight is 636 g/mol. The molecule has 5 aliphatic rings. The number of unbranched alkanes of at least 4 members (excludes halogenated alkanes) is 3. The number of aliphatic hydroxyl groups excluding tert-OH is 3. The van der Waals surface area contributed by atoms with Gasteiger partial charge < -0.3 is 26.2 Å². The van der Waals surface area contributed by atoms with Gasteiger partial charge in [-0.3, -0.25) is 9.59 Å². The molecule has 10 atom stereocenters. The summed E-state index contributed by atoms with van der Waals surface area (Å²) in [5.74, 6) is 1.14. The molecule has 0 aromatic rings. The molecule has 0 amide bonds. The molecule has 0 unspecified atom stereocenters. The highest BCUT2D eigenvalue weighted by Crippen LogP contribution is 2.78. The highest BCUT2D eigenvalue weighted by Gasteiger charge is 2.71. The van der Waals surface area contributed by atoms with E-state index in [-0.39, 0.29) is 42.3 Å². The van der Waals surface area contributed by atoms with Crippen LogP contribution in [0.15, 0.2) is 0 Å². The van der Waals surface area contributed by atoms with Crippen LogP contribution >= 0.6 is 0 Å². The van der Waals surface area contributed by atoms with Crippen molar-refractivity contribution in [2.45, 2.75) is 151 Å². The van der Waals surface area contributed by atoms with E-state index in [1.165, 1.54) is 51.4 Å². The number of carboxylic acids is 1. The van der Waals surface area contributed by atoms with Crippen LogP contribution in [-0.4, -0.2) is 58.0 Å². The fraction of sp³-hybridized carbons (Fsp3) is 0.947. The summed E-state index contributed by atoms with van der Waals surface area (Å²) in [5, 5.41) is 35.0. The van der Waals surface area contributed by atoms with E-state index in [0.717, 1.165) is 38.0 Å². The van der Waals surface area contributed by atoms with Gasteiger partial charge in [-0.25, -0.2) is 0 Å². The largest absolute Gasteiger partial charge is 0.480 e. The number of nitrogens with two attached hydrogens (primary N) is 1. The molecule has 0 saturated heterocycles. The van der Waals surface area contributed by atoms with Gasteiger partial charge in [-0.1, -0.05) is 68.2 Å². The van der Waals surface area contributed by atoms with Crippen LogP contribution in [-0.2, 0) is 9.59 Å². The molecule has 0 aromatic heterocycles. The van der Waals surface area contributed by atoms with Crippen molar-refractivity contribution in [2.75, 3.05) is 19.8 Å². The molecule has 0 heterocycles. The zero-order valence-electron chi connectivity index (χ0n) is 30.1. The van der Waals surface area contributed by atoms with Crippen molar-refractivity contribution in [3.8, 4) is 0 Å². The number of aliphatic hydroxyl groups is 3. The third-order valence-corrected chi connectivity index (χ3v) is 15.0. The van der Waals surface area contributed by atoms with E-state index < -0.39 is 12.1 Å². The van der Waals surface area contributed by atoms with Crippen molar-refractivity contribution in [3.63, 3.8) is 0 Å². The molecule has 0 aromatic carbocycles. The van der Waals surface area contributed by atoms with Gasteiger partial charge in [0.1, 0.15) is 6.10 Å². The predicted molar refractivity (Wildman–Crippen MR) is 180 cm³/mol. The van der Waals surface area contributed by atoms with Crippen LogP contribution in [0.25, 0.3) is 0 Å². The lowest BCUT2D eigenvalue weighted by molar-refractivity contribution is -0.259. The molecule has 0 radical (unpaired) electrons. The Morgan fingerprint density at radius 3 is 1.80 bits per heavy atom. The molecule has 5 saturated carbocycles. The van der Waals surface area contributed by atoms with Gasteiger partial charge in [0.2, 0.25) is 0 Å². The first-order chi connectivity index (χ1) is 20.8. The van der Waals surface area contributed by atoms with E-state index in [4.69, 9.17) is 15.3 Å². The summed E-state index contributed by atoms with van der Waals surface area (Å²) in [6, 6.07) is 0. The van der Waals surface area contributed by atoms with E-state index in [1.54, 1.807) is 0 Å². The maximum atomic E-state index is 12.8. The summed E-state index contributed by atoms with van der Waals surface area (Å²) in [6.07, 6.45) is 15.8. The Morgan fingerprint density at radius 1 is 0.756 bits per heavy atom. The van der Waals surface area contributed by atoms with Crippen LogP contribution < -0.4 is 5.73 Å². The number of hydrogen-bond donors (Lipinski definition) is 5. The Bertz CT molecular complexity index is 1030. The number of carbonyl (C=O) groups excluding carboxylic acids is 1. The van der Waals surface area contributed by atoms with Gasteiger partial charge >= 0.3 is 5.97 Å². The Kier molecular flexibility index (Phi) is 12.1. The minimum absolute atomic E-state index is 0.0102. The normalized spacial score (nSPS) is 44.8. The first kappa shape index (κ1) is 38.4. The second kappa shape index (κ2) is 14.2. The van der Waals surface area contributed by atoms with E-state index in [1.807, 2.05) is 0 Å². The molecule has 0 aliphatic heterocycles. The molecule has 5 aliphatic carbocycles. The van der Waals surface area contributed by atoms with Gasteiger partial charge in [0, 0.05) is 19.1 Å². The number of carboxylic acid groups (broad SMARTS) is 1. The zero-order valence-corrected chi connectivity index (χ0v) is 30.1. The number of carbonyl (C=O) groups is 2. The standard InChI is InChI=1S/C30H50O2.C6H14O2.C2H5NO2/c1-19-24(32)20(31)17-22-27(19,5)10-9-21-28(22,6)14-16-30(8)23-18-25(2,3)11-12-26(23,4)13-15-29(21,30)7;7-5-3-1-2-4-6-8;3-1-2(4)5/h19-23,31H,9-18H2,1-8H3;7-8H,1-6H2;1,3H2,(H,4,5)/t19-,20+,21-,22+,23+,26+,27+,28+,29+,30-;;/m0../s1. The third-order valence-electron chi connectivity index (χ3n) is 15.0. The lowest BCUT2D eigenvalue weighted by atomic mass is 9.30. The minimum atomic E-state index is -0.968. The van der Waals surface area contributed by atoms with Crippen molar-refractivity contribution in [1.29, 1.82) is 0 Å². The van der Waals surface area contributed by atoms with Gasteiger partial charge in [-0.2, -0.15) is 0 Å². The van der Waals surface area contributed by atoms with Crippen LogP contribution in [0.2, 0.25) is 0 Å². The lowest BCUT2D eigenvalue weighted by Gasteiger charge is -2.75. The fourth-order valence-electron chi connectivity index (χ4n) is 11.7. The molecular weight excluding hydrogens is 566 g/mol. The van der Waals surface area contributed by atoms with Crippen molar-refractivity contribution in [1.82, 2.24) is 0 Å². The zero-order chi connectivity index (χ0) is 34.1. The Morgan fingerprint density at radius 2 is 1.27 bits per heavy atom. The first-order valence-electron chi connectivity index (χ1n) is 18.2. The second-order valence-corrected chi connectivity index (χ2v) is 17.9. The smallest absolute Gasteiger partial charge is 0.317 e. The summed E-state index contributed by atoms with van der Waals surface area (Å²) >= 11 is 0. The second-order valence-electron chi connectivity index (χ2n) is 17.9. The number of rotatable bonds is 6. The number of hydrogen-bond acceptors (Lipinski definition) is 6. The Balaban J connectivity index is 0.000000359. The summed E-state index contributed by atoms with van der Waals surface area (Å²) in [6.45, 7) is 20.4. The molecular formula is C38H69NO6. The highest BCUT2D eigenvalue weighted by atomic mass is 16.4. The third kappa shape index (κ3) is 7.08. The van der Waals surface area contributed by atoms with Crippen molar-refractivity contribution < 1.29 is 30.0 Å². The fourth-order valence-corrected chi connectivity index (χ4v) is 11.7. The van der Waals surface area contributed by atoms with Crippen LogP contribution in [0.5, 0.6) is 0 Å². The summed E-state index contributed by atoms with van der Waals surface area (Å²) in [4.78, 5) is 22.0. The monoisotopic (exact) mass is 636 g/mol. The van der Waals surface area contributed by atoms with E-state index in [0.29, 0.717) is 39.9 Å². The van der Waals surface area contributed by atoms with Gasteiger partial charge in [0.15, 0.2) is 5.78 Å². The van der Waals surface area contributed by atoms with E-state index in [9.17, 15) is 14.7 Å². The number of fused-ring (bicyclic) bond motifs is 7. The highest BCUT2D eigenvalue weighted by molar-refractivity contribution is 5.86. The van der Waals surface area contributed by atoms with Crippen molar-refractivity contribution in [2.24, 2.45) is 61.9 Å². The molecule has 45 heavy (non-hydrogen) atoms. The summed E-state index contributed by atoms with van der Waals surface area (Å²) in [7, 11) is 0. The van der Waals surface area contributed by atoms with Crippen LogP contribution in [0, 0.1) is 56.2 Å². The van der Waals surface area contributed by atoms with Gasteiger partial charge in [-0.05, 0) is 127 Å². The number of aliphatic carboxylic acids is 1. The van der Waals surface area contributed by atoms with Crippen molar-refractivity contribution in [3.05, 3.63) is 0 Å². The minimum Gasteiger partial charge on any atom is -0.480 e. The summed E-state index contributed by atoms with van der Waals surface area (Å²) in [5.41, 5.74) is 6.64. The van der Waals surface area contributed by atoms with E-state index in [2.05, 4.69) is 61.1 Å². The molecule has 5 fully saturated rings.